The van der Waals surface area contributed by atoms with E-state index in [1.165, 1.54) is 16.4 Å². The fraction of sp³-hybridized carbons (Fsp3) is 0.611. The lowest BCUT2D eigenvalue weighted by Gasteiger charge is -2.34. The number of hydrogen-bond donors (Lipinski definition) is 1. The molecule has 1 saturated heterocycles. The molecule has 0 spiro atoms. The highest BCUT2D eigenvalue weighted by atomic mass is 35.5. The molecule has 0 bridgehead atoms. The minimum absolute atomic E-state index is 0.0323. The Morgan fingerprint density at radius 3 is 2.40 bits per heavy atom. The maximum Gasteiger partial charge on any atom is 0.243 e. The first-order valence-corrected chi connectivity index (χ1v) is 10.9. The van der Waals surface area contributed by atoms with Crippen LogP contribution in [0.5, 0.6) is 0 Å². The van der Waals surface area contributed by atoms with Gasteiger partial charge in [-0.3, -0.25) is 4.79 Å². The molecule has 0 aromatic heterocycles. The molecule has 0 radical (unpaired) electrons. The van der Waals surface area contributed by atoms with E-state index in [2.05, 4.69) is 5.32 Å². The van der Waals surface area contributed by atoms with Crippen LogP contribution in [0.1, 0.15) is 51.4 Å². The van der Waals surface area contributed by atoms with Crippen molar-refractivity contribution in [1.29, 1.82) is 0 Å². The van der Waals surface area contributed by atoms with E-state index in [-0.39, 0.29) is 29.3 Å². The van der Waals surface area contributed by atoms with Gasteiger partial charge in [0.1, 0.15) is 0 Å². The van der Waals surface area contributed by atoms with Crippen LogP contribution in [-0.4, -0.2) is 37.3 Å². The Morgan fingerprint density at radius 2 is 1.72 bits per heavy atom. The van der Waals surface area contributed by atoms with Gasteiger partial charge in [0.15, 0.2) is 0 Å². The monoisotopic (exact) mass is 384 g/mol. The predicted octanol–water partition coefficient (Wildman–Crippen LogP) is 3.33. The van der Waals surface area contributed by atoms with Gasteiger partial charge in [0.2, 0.25) is 15.9 Å². The van der Waals surface area contributed by atoms with Crippen LogP contribution < -0.4 is 5.32 Å². The minimum Gasteiger partial charge on any atom is -0.353 e. The van der Waals surface area contributed by atoms with Crippen molar-refractivity contribution < 1.29 is 13.2 Å². The largest absolute Gasteiger partial charge is 0.353 e. The van der Waals surface area contributed by atoms with E-state index in [0.29, 0.717) is 11.6 Å². The second-order valence-electron chi connectivity index (χ2n) is 6.97. The first kappa shape index (κ1) is 18.7. The van der Waals surface area contributed by atoms with Crippen molar-refractivity contribution in [2.75, 3.05) is 6.54 Å². The number of nitrogens with one attached hydrogen (secondary N) is 1. The lowest BCUT2D eigenvalue weighted by atomic mass is 10.0. The summed E-state index contributed by atoms with van der Waals surface area (Å²) in [6, 6.07) is 6.22. The number of benzene rings is 1. The molecule has 3 rings (SSSR count). The van der Waals surface area contributed by atoms with Gasteiger partial charge in [-0.25, -0.2) is 8.42 Å². The molecule has 0 unspecified atom stereocenters. The van der Waals surface area contributed by atoms with Crippen LogP contribution in [0.4, 0.5) is 0 Å². The molecule has 1 aliphatic carbocycles. The molecular formula is C18H25ClN2O3S. The van der Waals surface area contributed by atoms with Gasteiger partial charge in [-0.15, -0.1) is 0 Å². The molecule has 2 fully saturated rings. The number of halogens is 1. The number of hydrogen-bond acceptors (Lipinski definition) is 3. The Kier molecular flexibility index (Phi) is 6.02. The fourth-order valence-corrected chi connectivity index (χ4v) is 5.63. The molecule has 1 aromatic carbocycles. The van der Waals surface area contributed by atoms with Crippen LogP contribution >= 0.6 is 11.6 Å². The van der Waals surface area contributed by atoms with Crippen molar-refractivity contribution in [3.63, 3.8) is 0 Å². The molecule has 7 heteroatoms. The summed E-state index contributed by atoms with van der Waals surface area (Å²) in [5.41, 5.74) is 0. The number of carbonyl (C=O) groups is 1. The van der Waals surface area contributed by atoms with Crippen LogP contribution in [0.25, 0.3) is 0 Å². The lowest BCUT2D eigenvalue weighted by molar-refractivity contribution is -0.122. The van der Waals surface area contributed by atoms with Crippen molar-refractivity contribution in [1.82, 2.24) is 9.62 Å². The molecule has 1 amide bonds. The molecule has 1 saturated carbocycles. The quantitative estimate of drug-likeness (QED) is 0.846. The summed E-state index contributed by atoms with van der Waals surface area (Å²) in [7, 11) is -3.61. The molecule has 1 atom stereocenters. The second-order valence-corrected chi connectivity index (χ2v) is 9.30. The summed E-state index contributed by atoms with van der Waals surface area (Å²) in [5, 5.41) is 3.57. The Bertz CT molecular complexity index is 700. The van der Waals surface area contributed by atoms with Crippen molar-refractivity contribution in [2.24, 2.45) is 0 Å². The summed E-state index contributed by atoms with van der Waals surface area (Å²) < 4.78 is 27.5. The van der Waals surface area contributed by atoms with Gasteiger partial charge in [0.05, 0.1) is 4.90 Å². The van der Waals surface area contributed by atoms with Gasteiger partial charge < -0.3 is 5.32 Å². The maximum atomic E-state index is 13.0. The molecule has 138 valence electrons. The van der Waals surface area contributed by atoms with Crippen LogP contribution in [-0.2, 0) is 14.8 Å². The van der Waals surface area contributed by atoms with Gasteiger partial charge in [-0.1, -0.05) is 30.9 Å². The van der Waals surface area contributed by atoms with E-state index >= 15 is 0 Å². The Hall–Kier alpha value is -1.11. The van der Waals surface area contributed by atoms with E-state index in [1.807, 2.05) is 0 Å². The number of amides is 1. The molecule has 5 nitrogen and oxygen atoms in total. The molecule has 2 aliphatic rings. The molecule has 1 heterocycles. The number of carbonyl (C=O) groups excluding carboxylic acids is 1. The standard InChI is InChI=1S/C18H25ClN2O3S/c19-14-8-10-17(11-9-14)25(23,24)21-12-4-3-7-16(21)13-18(22)20-15-5-1-2-6-15/h8-11,15-16H,1-7,12-13H2,(H,20,22)/t16-/m0/s1. The first-order chi connectivity index (χ1) is 12.0. The van der Waals surface area contributed by atoms with E-state index in [1.54, 1.807) is 12.1 Å². The summed E-state index contributed by atoms with van der Waals surface area (Å²) in [4.78, 5) is 12.6. The van der Waals surface area contributed by atoms with E-state index in [0.717, 1.165) is 44.9 Å². The maximum absolute atomic E-state index is 13.0. The smallest absolute Gasteiger partial charge is 0.243 e. The van der Waals surface area contributed by atoms with E-state index in [4.69, 9.17) is 11.6 Å². The highest BCUT2D eigenvalue weighted by molar-refractivity contribution is 7.89. The van der Waals surface area contributed by atoms with Crippen molar-refractivity contribution >= 4 is 27.5 Å². The van der Waals surface area contributed by atoms with Crippen LogP contribution in [0, 0.1) is 0 Å². The summed E-state index contributed by atoms with van der Waals surface area (Å²) in [6.07, 6.45) is 7.12. The average Bonchev–Trinajstić information content (AvgIpc) is 3.08. The number of rotatable bonds is 5. The molecular weight excluding hydrogens is 360 g/mol. The normalized spacial score (nSPS) is 22.8. The van der Waals surface area contributed by atoms with Gasteiger partial charge in [-0.05, 0) is 49.9 Å². The number of sulfonamides is 1. The number of nitrogens with zero attached hydrogens (tertiary/aromatic N) is 1. The highest BCUT2D eigenvalue weighted by Crippen LogP contribution is 2.28. The molecule has 25 heavy (non-hydrogen) atoms. The van der Waals surface area contributed by atoms with Crippen molar-refractivity contribution in [3.05, 3.63) is 29.3 Å². The Labute approximate surface area is 154 Å². The second kappa shape index (κ2) is 8.06. The highest BCUT2D eigenvalue weighted by Gasteiger charge is 2.35. The Balaban J connectivity index is 1.71. The van der Waals surface area contributed by atoms with Gasteiger partial charge >= 0.3 is 0 Å². The lowest BCUT2D eigenvalue weighted by Crippen LogP contribution is -2.46. The van der Waals surface area contributed by atoms with Gasteiger partial charge in [-0.2, -0.15) is 4.31 Å². The van der Waals surface area contributed by atoms with Gasteiger partial charge in [0.25, 0.3) is 0 Å². The van der Waals surface area contributed by atoms with Crippen LogP contribution in [0.3, 0.4) is 0 Å². The summed E-state index contributed by atoms with van der Waals surface area (Å²) in [5.74, 6) is -0.0323. The SMILES string of the molecule is O=C(C[C@@H]1CCCCN1S(=O)(=O)c1ccc(Cl)cc1)NC1CCCC1. The third kappa shape index (κ3) is 4.54. The third-order valence-corrected chi connectivity index (χ3v) is 7.35. The predicted molar refractivity (Wildman–Crippen MR) is 98.0 cm³/mol. The minimum atomic E-state index is -3.61. The average molecular weight is 385 g/mol. The third-order valence-electron chi connectivity index (χ3n) is 5.13. The topological polar surface area (TPSA) is 66.5 Å². The van der Waals surface area contributed by atoms with Crippen LogP contribution in [0.2, 0.25) is 5.02 Å². The summed E-state index contributed by atoms with van der Waals surface area (Å²) in [6.45, 7) is 0.465. The molecule has 1 aliphatic heterocycles. The summed E-state index contributed by atoms with van der Waals surface area (Å²) >= 11 is 5.86. The molecule has 1 N–H and O–H groups in total. The van der Waals surface area contributed by atoms with Crippen molar-refractivity contribution in [3.8, 4) is 0 Å². The first-order valence-electron chi connectivity index (χ1n) is 9.03. The van der Waals surface area contributed by atoms with E-state index < -0.39 is 10.0 Å². The van der Waals surface area contributed by atoms with Crippen LogP contribution in [0.15, 0.2) is 29.2 Å². The fourth-order valence-electron chi connectivity index (χ4n) is 3.81. The zero-order valence-corrected chi connectivity index (χ0v) is 15.9. The zero-order chi connectivity index (χ0) is 17.9. The zero-order valence-electron chi connectivity index (χ0n) is 14.3. The molecule has 1 aromatic rings. The number of piperidine rings is 1. The Morgan fingerprint density at radius 1 is 1.08 bits per heavy atom. The van der Waals surface area contributed by atoms with Gasteiger partial charge in [0, 0.05) is 30.1 Å². The van der Waals surface area contributed by atoms with E-state index in [9.17, 15) is 13.2 Å². The van der Waals surface area contributed by atoms with Crippen molar-refractivity contribution in [2.45, 2.75) is 68.3 Å².